The number of hydrogen-bond donors (Lipinski definition) is 2. The molecule has 108 valence electrons. The molecule has 1 aliphatic carbocycles. The van der Waals surface area contributed by atoms with Gasteiger partial charge in [-0.05, 0) is 31.6 Å². The number of nitrogens with one attached hydrogen (secondary N) is 1. The minimum atomic E-state index is 0.222. The highest BCUT2D eigenvalue weighted by Crippen LogP contribution is 2.29. The van der Waals surface area contributed by atoms with Crippen molar-refractivity contribution in [3.63, 3.8) is 0 Å². The highest BCUT2D eigenvalue weighted by atomic mass is 16.2. The normalized spacial score (nSPS) is 14.6. The molecule has 1 aromatic heterocycles. The molecule has 1 saturated carbocycles. The SMILES string of the molecule is CN(CCCc1[nH]nc(N)c1C#N)C(=O)CC1CCC1. The van der Waals surface area contributed by atoms with Crippen LogP contribution in [0.1, 0.15) is 43.4 Å². The van der Waals surface area contributed by atoms with Gasteiger partial charge < -0.3 is 10.6 Å². The third-order valence-corrected chi connectivity index (χ3v) is 4.02. The van der Waals surface area contributed by atoms with Gasteiger partial charge in [-0.25, -0.2) is 0 Å². The third-order valence-electron chi connectivity index (χ3n) is 4.02. The number of aromatic nitrogens is 2. The monoisotopic (exact) mass is 275 g/mol. The van der Waals surface area contributed by atoms with E-state index in [0.717, 1.165) is 12.1 Å². The van der Waals surface area contributed by atoms with Gasteiger partial charge in [0.15, 0.2) is 5.82 Å². The van der Waals surface area contributed by atoms with Crippen LogP contribution in [0.5, 0.6) is 0 Å². The summed E-state index contributed by atoms with van der Waals surface area (Å²) in [7, 11) is 1.84. The zero-order chi connectivity index (χ0) is 14.5. The lowest BCUT2D eigenvalue weighted by atomic mass is 9.83. The third kappa shape index (κ3) is 3.29. The lowest BCUT2D eigenvalue weighted by Crippen LogP contribution is -2.31. The van der Waals surface area contributed by atoms with Gasteiger partial charge in [0.05, 0.1) is 5.69 Å². The molecule has 1 amide bonds. The van der Waals surface area contributed by atoms with Gasteiger partial charge in [0.2, 0.25) is 5.91 Å². The van der Waals surface area contributed by atoms with E-state index in [1.807, 2.05) is 13.1 Å². The molecule has 0 saturated heterocycles. The fourth-order valence-corrected chi connectivity index (χ4v) is 2.42. The van der Waals surface area contributed by atoms with E-state index in [4.69, 9.17) is 11.0 Å². The van der Waals surface area contributed by atoms with Gasteiger partial charge in [0.25, 0.3) is 0 Å². The molecule has 1 aliphatic rings. The Hall–Kier alpha value is -2.03. The van der Waals surface area contributed by atoms with Crippen LogP contribution in [0.2, 0.25) is 0 Å². The molecule has 0 aromatic carbocycles. The molecule has 20 heavy (non-hydrogen) atoms. The summed E-state index contributed by atoms with van der Waals surface area (Å²) >= 11 is 0. The zero-order valence-electron chi connectivity index (χ0n) is 11.9. The van der Waals surface area contributed by atoms with Crippen molar-refractivity contribution in [3.05, 3.63) is 11.3 Å². The number of carbonyl (C=O) groups excluding carboxylic acids is 1. The van der Waals surface area contributed by atoms with Gasteiger partial charge in [-0.3, -0.25) is 9.89 Å². The quantitative estimate of drug-likeness (QED) is 0.820. The van der Waals surface area contributed by atoms with Crippen LogP contribution in [0.25, 0.3) is 0 Å². The number of nitrogen functional groups attached to an aromatic ring is 1. The molecule has 1 heterocycles. The first-order chi connectivity index (χ1) is 9.61. The van der Waals surface area contributed by atoms with E-state index in [-0.39, 0.29) is 11.7 Å². The fourth-order valence-electron chi connectivity index (χ4n) is 2.42. The average molecular weight is 275 g/mol. The molecule has 0 spiro atoms. The molecular weight excluding hydrogens is 254 g/mol. The van der Waals surface area contributed by atoms with E-state index in [1.54, 1.807) is 4.90 Å². The number of carbonyl (C=O) groups is 1. The summed E-state index contributed by atoms with van der Waals surface area (Å²) in [5.74, 6) is 1.07. The average Bonchev–Trinajstić information content (AvgIpc) is 2.74. The van der Waals surface area contributed by atoms with Crippen molar-refractivity contribution in [3.8, 4) is 6.07 Å². The van der Waals surface area contributed by atoms with Crippen LogP contribution >= 0.6 is 0 Å². The predicted molar refractivity (Wildman–Crippen MR) is 75.6 cm³/mol. The molecule has 6 heteroatoms. The maximum atomic E-state index is 11.9. The van der Waals surface area contributed by atoms with E-state index < -0.39 is 0 Å². The number of rotatable bonds is 6. The summed E-state index contributed by atoms with van der Waals surface area (Å²) in [6.07, 6.45) is 5.80. The van der Waals surface area contributed by atoms with E-state index >= 15 is 0 Å². The maximum absolute atomic E-state index is 11.9. The van der Waals surface area contributed by atoms with Gasteiger partial charge in [-0.2, -0.15) is 10.4 Å². The Morgan fingerprint density at radius 1 is 1.60 bits per heavy atom. The minimum Gasteiger partial charge on any atom is -0.381 e. The number of anilines is 1. The van der Waals surface area contributed by atoms with Crippen LogP contribution in [0.15, 0.2) is 0 Å². The van der Waals surface area contributed by atoms with Crippen LogP contribution in [0.4, 0.5) is 5.82 Å². The van der Waals surface area contributed by atoms with Crippen LogP contribution in [0, 0.1) is 17.2 Å². The van der Waals surface area contributed by atoms with E-state index in [0.29, 0.717) is 30.9 Å². The second kappa shape index (κ2) is 6.42. The molecule has 1 aromatic rings. The van der Waals surface area contributed by atoms with Crippen molar-refractivity contribution in [1.82, 2.24) is 15.1 Å². The number of H-pyrrole nitrogens is 1. The van der Waals surface area contributed by atoms with Crippen molar-refractivity contribution in [1.29, 1.82) is 5.26 Å². The predicted octanol–water partition coefficient (Wildman–Crippen LogP) is 1.44. The van der Waals surface area contributed by atoms with Crippen molar-refractivity contribution >= 4 is 11.7 Å². The van der Waals surface area contributed by atoms with Crippen LogP contribution in [0.3, 0.4) is 0 Å². The Kier molecular flexibility index (Phi) is 4.61. The zero-order valence-corrected chi connectivity index (χ0v) is 11.9. The second-order valence-corrected chi connectivity index (χ2v) is 5.49. The first-order valence-corrected chi connectivity index (χ1v) is 7.08. The molecule has 6 nitrogen and oxygen atoms in total. The van der Waals surface area contributed by atoms with Gasteiger partial charge in [-0.1, -0.05) is 6.42 Å². The van der Waals surface area contributed by atoms with Crippen molar-refractivity contribution in [2.75, 3.05) is 19.3 Å². The lowest BCUT2D eigenvalue weighted by molar-refractivity contribution is -0.131. The Labute approximate surface area is 118 Å². The van der Waals surface area contributed by atoms with Gasteiger partial charge in [0, 0.05) is 20.0 Å². The van der Waals surface area contributed by atoms with Crippen molar-refractivity contribution in [2.24, 2.45) is 5.92 Å². The topological polar surface area (TPSA) is 98.8 Å². The standard InChI is InChI=1S/C14H21N5O/c1-19(13(20)8-10-4-2-5-10)7-3-6-12-11(9-15)14(16)18-17-12/h10H,2-8H2,1H3,(H3,16,17,18). The summed E-state index contributed by atoms with van der Waals surface area (Å²) in [5, 5.41) is 15.6. The molecule has 0 atom stereocenters. The Bertz CT molecular complexity index is 512. The number of hydrogen-bond acceptors (Lipinski definition) is 4. The number of aryl methyl sites for hydroxylation is 1. The minimum absolute atomic E-state index is 0.222. The number of aromatic amines is 1. The highest BCUT2D eigenvalue weighted by Gasteiger charge is 2.22. The molecule has 0 radical (unpaired) electrons. The summed E-state index contributed by atoms with van der Waals surface area (Å²) in [6, 6.07) is 2.05. The largest absolute Gasteiger partial charge is 0.381 e. The summed E-state index contributed by atoms with van der Waals surface area (Å²) in [4.78, 5) is 13.7. The van der Waals surface area contributed by atoms with Gasteiger partial charge >= 0.3 is 0 Å². The van der Waals surface area contributed by atoms with E-state index in [1.165, 1.54) is 19.3 Å². The van der Waals surface area contributed by atoms with Crippen molar-refractivity contribution in [2.45, 2.75) is 38.5 Å². The van der Waals surface area contributed by atoms with Gasteiger partial charge in [-0.15, -0.1) is 0 Å². The second-order valence-electron chi connectivity index (χ2n) is 5.49. The molecule has 1 fully saturated rings. The van der Waals surface area contributed by atoms with Crippen molar-refractivity contribution < 1.29 is 4.79 Å². The highest BCUT2D eigenvalue weighted by molar-refractivity contribution is 5.76. The maximum Gasteiger partial charge on any atom is 0.222 e. The smallest absolute Gasteiger partial charge is 0.222 e. The van der Waals surface area contributed by atoms with Crippen LogP contribution in [-0.2, 0) is 11.2 Å². The van der Waals surface area contributed by atoms with Gasteiger partial charge in [0.1, 0.15) is 11.6 Å². The Balaban J connectivity index is 1.74. The molecule has 2 rings (SSSR count). The summed E-state index contributed by atoms with van der Waals surface area (Å²) < 4.78 is 0. The summed E-state index contributed by atoms with van der Waals surface area (Å²) in [5.41, 5.74) is 6.76. The lowest BCUT2D eigenvalue weighted by Gasteiger charge is -2.27. The molecule has 3 N–H and O–H groups in total. The molecular formula is C14H21N5O. The van der Waals surface area contributed by atoms with E-state index in [9.17, 15) is 4.79 Å². The van der Waals surface area contributed by atoms with Crippen LogP contribution < -0.4 is 5.73 Å². The van der Waals surface area contributed by atoms with Crippen LogP contribution in [-0.4, -0.2) is 34.6 Å². The first-order valence-electron chi connectivity index (χ1n) is 7.08. The molecule has 0 unspecified atom stereocenters. The first kappa shape index (κ1) is 14.4. The number of amides is 1. The Morgan fingerprint density at radius 2 is 2.35 bits per heavy atom. The number of nitrogens with zero attached hydrogens (tertiary/aromatic N) is 3. The molecule has 0 bridgehead atoms. The number of nitrogens with two attached hydrogens (primary N) is 1. The van der Waals surface area contributed by atoms with E-state index in [2.05, 4.69) is 10.2 Å². The molecule has 0 aliphatic heterocycles. The number of nitriles is 1. The Morgan fingerprint density at radius 3 is 2.95 bits per heavy atom. The summed E-state index contributed by atoms with van der Waals surface area (Å²) in [6.45, 7) is 0.690. The fraction of sp³-hybridized carbons (Fsp3) is 0.643.